The van der Waals surface area contributed by atoms with E-state index in [4.69, 9.17) is 9.72 Å². The van der Waals surface area contributed by atoms with E-state index in [1.807, 2.05) is 47.5 Å². The Kier molecular flexibility index (Phi) is 4.93. The van der Waals surface area contributed by atoms with Gasteiger partial charge < -0.3 is 4.74 Å². The molecule has 0 aliphatic carbocycles. The number of imidazole rings is 2. The number of benzene rings is 4. The first-order valence-corrected chi connectivity index (χ1v) is 14.4. The second kappa shape index (κ2) is 8.87. The van der Waals surface area contributed by atoms with Gasteiger partial charge in [0.05, 0.1) is 5.52 Å². The fourth-order valence-electron chi connectivity index (χ4n) is 6.77. The van der Waals surface area contributed by atoms with Crippen molar-refractivity contribution in [2.75, 3.05) is 0 Å². The monoisotopic (exact) mass is 555 g/mol. The summed E-state index contributed by atoms with van der Waals surface area (Å²) in [5.41, 5.74) is 8.81. The van der Waals surface area contributed by atoms with Crippen LogP contribution in [0.2, 0.25) is 0 Å². The lowest BCUT2D eigenvalue weighted by molar-refractivity contribution is 0.484. The van der Waals surface area contributed by atoms with Crippen LogP contribution in [0.25, 0.3) is 65.9 Å². The van der Waals surface area contributed by atoms with Crippen molar-refractivity contribution in [2.24, 2.45) is 0 Å². The molecule has 0 amide bonds. The molecular weight excluding hydrogens is 530 g/mol. The topological polar surface area (TPSA) is 56.7 Å². The van der Waals surface area contributed by atoms with Gasteiger partial charge in [-0.2, -0.15) is 0 Å². The molecule has 0 bridgehead atoms. The summed E-state index contributed by atoms with van der Waals surface area (Å²) in [6.07, 6.45) is 9.49. The molecule has 6 heteroatoms. The van der Waals surface area contributed by atoms with E-state index in [2.05, 4.69) is 101 Å². The highest BCUT2D eigenvalue weighted by molar-refractivity contribution is 6.17. The van der Waals surface area contributed by atoms with Gasteiger partial charge in [0.25, 0.3) is 0 Å². The van der Waals surface area contributed by atoms with E-state index in [1.165, 1.54) is 27.6 Å². The molecule has 0 radical (unpaired) electrons. The highest BCUT2D eigenvalue weighted by Crippen LogP contribution is 2.40. The standard InChI is InChI=1S/C37H25N5O/c1-22-6-3-7-23(2)33(22)29-8-4-10-32-34(29)27-14-12-25(21-31(27)36-39-16-18-41(32)36)43-24-11-13-26-28-9-5-15-38-35(28)42-19-17-40-37(42)30(26)20-24/h3-21H,1-2H3. The van der Waals surface area contributed by atoms with Gasteiger partial charge in [0.2, 0.25) is 0 Å². The van der Waals surface area contributed by atoms with Crippen molar-refractivity contribution in [3.8, 4) is 22.6 Å². The predicted octanol–water partition coefficient (Wildman–Crippen LogP) is 9.07. The number of hydrogen-bond donors (Lipinski definition) is 0. The maximum Gasteiger partial charge on any atom is 0.146 e. The molecule has 0 aliphatic rings. The van der Waals surface area contributed by atoms with E-state index in [0.717, 1.165) is 60.9 Å². The minimum absolute atomic E-state index is 0.747. The first-order chi connectivity index (χ1) is 21.2. The Morgan fingerprint density at radius 2 is 1.16 bits per heavy atom. The summed E-state index contributed by atoms with van der Waals surface area (Å²) in [6.45, 7) is 4.37. The van der Waals surface area contributed by atoms with Gasteiger partial charge in [0.15, 0.2) is 0 Å². The number of fused-ring (bicyclic) bond motifs is 12. The van der Waals surface area contributed by atoms with Gasteiger partial charge in [-0.3, -0.25) is 8.80 Å². The molecule has 9 aromatic rings. The van der Waals surface area contributed by atoms with Crippen molar-refractivity contribution in [3.63, 3.8) is 0 Å². The van der Waals surface area contributed by atoms with Crippen molar-refractivity contribution < 1.29 is 4.74 Å². The summed E-state index contributed by atoms with van der Waals surface area (Å²) in [4.78, 5) is 14.0. The van der Waals surface area contributed by atoms with Gasteiger partial charge in [-0.1, -0.05) is 30.3 Å². The van der Waals surface area contributed by atoms with Gasteiger partial charge >= 0.3 is 0 Å². The summed E-state index contributed by atoms with van der Waals surface area (Å²) < 4.78 is 10.7. The van der Waals surface area contributed by atoms with Crippen LogP contribution in [-0.4, -0.2) is 23.8 Å². The van der Waals surface area contributed by atoms with Crippen LogP contribution in [0.1, 0.15) is 11.1 Å². The number of nitrogens with zero attached hydrogens (tertiary/aromatic N) is 5. The van der Waals surface area contributed by atoms with Gasteiger partial charge in [0, 0.05) is 52.5 Å². The van der Waals surface area contributed by atoms with Crippen molar-refractivity contribution in [1.29, 1.82) is 0 Å². The molecule has 0 fully saturated rings. The molecule has 204 valence electrons. The number of pyridine rings is 3. The third-order valence-electron chi connectivity index (χ3n) is 8.61. The van der Waals surface area contributed by atoms with E-state index in [9.17, 15) is 0 Å². The zero-order valence-corrected chi connectivity index (χ0v) is 23.6. The number of ether oxygens (including phenoxy) is 1. The number of hydrogen-bond acceptors (Lipinski definition) is 4. The molecule has 0 N–H and O–H groups in total. The number of rotatable bonds is 3. The van der Waals surface area contributed by atoms with Crippen LogP contribution in [0.3, 0.4) is 0 Å². The Morgan fingerprint density at radius 1 is 0.535 bits per heavy atom. The third kappa shape index (κ3) is 3.44. The molecule has 4 aromatic carbocycles. The zero-order valence-electron chi connectivity index (χ0n) is 23.6. The highest BCUT2D eigenvalue weighted by Gasteiger charge is 2.17. The maximum absolute atomic E-state index is 6.53. The lowest BCUT2D eigenvalue weighted by Crippen LogP contribution is -1.96. The SMILES string of the molecule is Cc1cccc(C)c1-c1cccc2c1c1ccc(Oc3ccc4c5cccnc5n5ccnc5c4c3)cc1c1nccn21. The van der Waals surface area contributed by atoms with Crippen molar-refractivity contribution in [1.82, 2.24) is 23.8 Å². The molecule has 0 atom stereocenters. The number of aromatic nitrogens is 5. The molecule has 0 saturated heterocycles. The molecule has 0 spiro atoms. The molecule has 5 aromatic heterocycles. The zero-order chi connectivity index (χ0) is 28.7. The third-order valence-corrected chi connectivity index (χ3v) is 8.61. The quantitative estimate of drug-likeness (QED) is 0.204. The minimum atomic E-state index is 0.747. The minimum Gasteiger partial charge on any atom is -0.457 e. The van der Waals surface area contributed by atoms with Crippen LogP contribution in [-0.2, 0) is 0 Å². The van der Waals surface area contributed by atoms with E-state index in [0.29, 0.717) is 0 Å². The Morgan fingerprint density at radius 3 is 1.95 bits per heavy atom. The Balaban J connectivity index is 1.24. The predicted molar refractivity (Wildman–Crippen MR) is 173 cm³/mol. The highest BCUT2D eigenvalue weighted by atomic mass is 16.5. The smallest absolute Gasteiger partial charge is 0.146 e. The van der Waals surface area contributed by atoms with E-state index >= 15 is 0 Å². The molecule has 5 heterocycles. The Hall–Kier alpha value is -5.75. The van der Waals surface area contributed by atoms with Crippen LogP contribution in [0.4, 0.5) is 0 Å². The molecule has 6 nitrogen and oxygen atoms in total. The Labute approximate surface area is 246 Å². The summed E-state index contributed by atoms with van der Waals surface area (Å²) in [5.74, 6) is 1.50. The number of aryl methyl sites for hydroxylation is 2. The average molecular weight is 556 g/mol. The van der Waals surface area contributed by atoms with Gasteiger partial charge in [0.1, 0.15) is 28.4 Å². The lowest BCUT2D eigenvalue weighted by atomic mass is 9.91. The van der Waals surface area contributed by atoms with Crippen LogP contribution in [0.5, 0.6) is 11.5 Å². The van der Waals surface area contributed by atoms with Crippen LogP contribution in [0, 0.1) is 13.8 Å². The van der Waals surface area contributed by atoms with Crippen molar-refractivity contribution >= 4 is 54.8 Å². The van der Waals surface area contributed by atoms with Gasteiger partial charge in [-0.15, -0.1) is 0 Å². The first-order valence-electron chi connectivity index (χ1n) is 14.4. The van der Waals surface area contributed by atoms with Crippen LogP contribution in [0.15, 0.2) is 116 Å². The summed E-state index contributed by atoms with van der Waals surface area (Å²) in [5, 5.41) is 6.59. The summed E-state index contributed by atoms with van der Waals surface area (Å²) in [7, 11) is 0. The molecule has 0 unspecified atom stereocenters. The largest absolute Gasteiger partial charge is 0.457 e. The maximum atomic E-state index is 6.53. The molecule has 43 heavy (non-hydrogen) atoms. The second-order valence-corrected chi connectivity index (χ2v) is 11.1. The summed E-state index contributed by atoms with van der Waals surface area (Å²) in [6, 6.07) is 29.6. The van der Waals surface area contributed by atoms with Crippen molar-refractivity contribution in [3.05, 3.63) is 127 Å². The second-order valence-electron chi connectivity index (χ2n) is 11.1. The fourth-order valence-corrected chi connectivity index (χ4v) is 6.77. The van der Waals surface area contributed by atoms with E-state index in [1.54, 1.807) is 0 Å². The van der Waals surface area contributed by atoms with E-state index in [-0.39, 0.29) is 0 Å². The normalized spacial score (nSPS) is 12.0. The molecular formula is C37H25N5O. The van der Waals surface area contributed by atoms with Crippen molar-refractivity contribution in [2.45, 2.75) is 13.8 Å². The van der Waals surface area contributed by atoms with Gasteiger partial charge in [-0.25, -0.2) is 15.0 Å². The Bertz CT molecular complexity index is 2560. The van der Waals surface area contributed by atoms with Crippen LogP contribution >= 0.6 is 0 Å². The fraction of sp³-hybridized carbons (Fsp3) is 0.0541. The average Bonchev–Trinajstić information content (AvgIpc) is 3.73. The van der Waals surface area contributed by atoms with Gasteiger partial charge in [-0.05, 0) is 101 Å². The van der Waals surface area contributed by atoms with Crippen LogP contribution < -0.4 is 4.74 Å². The first kappa shape index (κ1) is 23.9. The lowest BCUT2D eigenvalue weighted by Gasteiger charge is -2.17. The summed E-state index contributed by atoms with van der Waals surface area (Å²) >= 11 is 0. The van der Waals surface area contributed by atoms with E-state index < -0.39 is 0 Å². The molecule has 0 aliphatic heterocycles. The molecule has 9 rings (SSSR count). The molecule has 0 saturated carbocycles.